The van der Waals surface area contributed by atoms with Crippen LogP contribution in [0.3, 0.4) is 0 Å². The van der Waals surface area contributed by atoms with Gasteiger partial charge < -0.3 is 19.0 Å². The van der Waals surface area contributed by atoms with Gasteiger partial charge in [0.2, 0.25) is 12.1 Å². The molecule has 5 rings (SSSR count). The first kappa shape index (κ1) is 23.5. The lowest BCUT2D eigenvalue weighted by atomic mass is 10.2. The molecule has 1 saturated heterocycles. The zero-order chi connectivity index (χ0) is 25.1. The molecular weight excluding hydrogens is 484 g/mol. The van der Waals surface area contributed by atoms with E-state index in [4.69, 9.17) is 9.15 Å². The minimum atomic E-state index is -3.75. The van der Waals surface area contributed by atoms with E-state index in [9.17, 15) is 13.2 Å². The molecule has 0 saturated carbocycles. The Hall–Kier alpha value is -4.19. The number of nitrogens with zero attached hydrogens (tertiary/aromatic N) is 5. The molecule has 0 spiro atoms. The Kier molecular flexibility index (Phi) is 6.42. The van der Waals surface area contributed by atoms with Crippen molar-refractivity contribution in [3.8, 4) is 5.75 Å². The lowest BCUT2D eigenvalue weighted by Gasteiger charge is -2.35. The molecular formula is C24H27N6O5S+. The summed E-state index contributed by atoms with van der Waals surface area (Å²) in [5.41, 5.74) is 2.38. The third-order valence-corrected chi connectivity index (χ3v) is 7.42. The van der Waals surface area contributed by atoms with E-state index in [-0.39, 0.29) is 24.6 Å². The molecule has 2 aromatic carbocycles. The molecule has 12 heteroatoms. The van der Waals surface area contributed by atoms with Crippen molar-refractivity contribution in [2.75, 3.05) is 42.9 Å². The first-order valence-electron chi connectivity index (χ1n) is 11.3. The van der Waals surface area contributed by atoms with Gasteiger partial charge in [-0.05, 0) is 36.4 Å². The van der Waals surface area contributed by atoms with Crippen molar-refractivity contribution < 1.29 is 28.4 Å². The quantitative estimate of drug-likeness (QED) is 0.374. The molecule has 0 bridgehead atoms. The molecule has 1 aliphatic heterocycles. The second kappa shape index (κ2) is 9.82. The van der Waals surface area contributed by atoms with Crippen LogP contribution in [0.15, 0.2) is 76.8 Å². The SMILES string of the molecule is COc1ccc2c(c1)oc[n+]2CC(=O)N1CCN(c2ccc(S(=O)(=O)Nc3ccncn3)cc2)CC1.[HH]. The standard InChI is InChI=1S/C24H25N6O5S.H2/c1-34-19-4-7-21-22(14-19)35-17-30(21)15-24(31)29-12-10-28(11-13-29)18-2-5-20(6-3-18)36(32,33)27-23-8-9-25-16-26-23;/h2-9,14,16-17H,10-13,15H2,1H3,(H,25,26,27);1H/q+1;. The number of carbonyl (C=O) groups is 1. The highest BCUT2D eigenvalue weighted by atomic mass is 32.2. The number of rotatable bonds is 7. The van der Waals surface area contributed by atoms with Gasteiger partial charge in [-0.2, -0.15) is 4.57 Å². The number of nitrogens with one attached hydrogen (secondary N) is 1. The van der Waals surface area contributed by atoms with Crippen molar-refractivity contribution in [2.24, 2.45) is 0 Å². The number of oxazole rings is 1. The van der Waals surface area contributed by atoms with Crippen molar-refractivity contribution in [1.29, 1.82) is 0 Å². The van der Waals surface area contributed by atoms with E-state index in [1.807, 2.05) is 17.0 Å². The van der Waals surface area contributed by atoms with Gasteiger partial charge in [-0.1, -0.05) is 0 Å². The Morgan fingerprint density at radius 2 is 1.92 bits per heavy atom. The van der Waals surface area contributed by atoms with Crippen LogP contribution in [0.1, 0.15) is 1.43 Å². The highest BCUT2D eigenvalue weighted by molar-refractivity contribution is 7.92. The predicted octanol–water partition coefficient (Wildman–Crippen LogP) is 1.91. The van der Waals surface area contributed by atoms with Crippen LogP contribution in [-0.2, 0) is 21.4 Å². The van der Waals surface area contributed by atoms with Gasteiger partial charge in [-0.3, -0.25) is 9.52 Å². The summed E-state index contributed by atoms with van der Waals surface area (Å²) in [6.45, 7) is 2.61. The second-order valence-electron chi connectivity index (χ2n) is 8.25. The summed E-state index contributed by atoms with van der Waals surface area (Å²) in [5, 5.41) is 0. The van der Waals surface area contributed by atoms with Crippen LogP contribution in [0.4, 0.5) is 11.5 Å². The number of anilines is 2. The van der Waals surface area contributed by atoms with Crippen LogP contribution in [-0.4, -0.2) is 62.5 Å². The van der Waals surface area contributed by atoms with Gasteiger partial charge in [0.25, 0.3) is 21.4 Å². The third-order valence-electron chi connectivity index (χ3n) is 6.05. The van der Waals surface area contributed by atoms with Crippen molar-refractivity contribution in [3.63, 3.8) is 0 Å². The average Bonchev–Trinajstić information content (AvgIpc) is 3.31. The Morgan fingerprint density at radius 1 is 1.14 bits per heavy atom. The Bertz CT molecular complexity index is 1470. The molecule has 3 heterocycles. The van der Waals surface area contributed by atoms with Gasteiger partial charge in [0, 0.05) is 51.6 Å². The molecule has 1 N–H and O–H groups in total. The number of hydrogen-bond donors (Lipinski definition) is 1. The van der Waals surface area contributed by atoms with Gasteiger partial charge in [0.15, 0.2) is 0 Å². The lowest BCUT2D eigenvalue weighted by molar-refractivity contribution is -0.664. The number of piperazine rings is 1. The molecule has 1 aliphatic rings. The molecule has 0 unspecified atom stereocenters. The predicted molar refractivity (Wildman–Crippen MR) is 133 cm³/mol. The molecule has 0 aliphatic carbocycles. The molecule has 1 fully saturated rings. The van der Waals surface area contributed by atoms with Gasteiger partial charge in [-0.15, -0.1) is 0 Å². The van der Waals surface area contributed by atoms with Gasteiger partial charge >= 0.3 is 6.39 Å². The molecule has 0 atom stereocenters. The number of methoxy groups -OCH3 is 1. The first-order valence-corrected chi connectivity index (χ1v) is 12.8. The van der Waals surface area contributed by atoms with Crippen LogP contribution in [0, 0.1) is 0 Å². The fourth-order valence-corrected chi connectivity index (χ4v) is 5.10. The van der Waals surface area contributed by atoms with E-state index in [0.717, 1.165) is 11.2 Å². The number of sulfonamides is 1. The van der Waals surface area contributed by atoms with Gasteiger partial charge in [-0.25, -0.2) is 18.4 Å². The highest BCUT2D eigenvalue weighted by Gasteiger charge is 2.26. The summed E-state index contributed by atoms with van der Waals surface area (Å²) in [6.07, 6.45) is 4.29. The summed E-state index contributed by atoms with van der Waals surface area (Å²) in [5.74, 6) is 0.908. The topological polar surface area (TPSA) is 122 Å². The summed E-state index contributed by atoms with van der Waals surface area (Å²) in [4.78, 5) is 24.7. The lowest BCUT2D eigenvalue weighted by Crippen LogP contribution is -2.52. The number of benzene rings is 2. The van der Waals surface area contributed by atoms with Crippen molar-refractivity contribution in [1.82, 2.24) is 14.9 Å². The minimum absolute atomic E-state index is 0. The van der Waals surface area contributed by atoms with Crippen molar-refractivity contribution in [2.45, 2.75) is 11.4 Å². The summed E-state index contributed by atoms with van der Waals surface area (Å²) >= 11 is 0. The maximum atomic E-state index is 12.9. The molecule has 11 nitrogen and oxygen atoms in total. The van der Waals surface area contributed by atoms with E-state index in [1.54, 1.807) is 48.4 Å². The van der Waals surface area contributed by atoms with E-state index in [1.165, 1.54) is 18.6 Å². The molecule has 4 aromatic rings. The fraction of sp³-hybridized carbons (Fsp3) is 0.250. The van der Waals surface area contributed by atoms with Crippen LogP contribution < -0.4 is 18.9 Å². The van der Waals surface area contributed by atoms with Crippen LogP contribution in [0.2, 0.25) is 0 Å². The van der Waals surface area contributed by atoms with E-state index >= 15 is 0 Å². The molecule has 188 valence electrons. The largest absolute Gasteiger partial charge is 0.497 e. The number of ether oxygens (including phenoxy) is 1. The van der Waals surface area contributed by atoms with E-state index in [2.05, 4.69) is 19.6 Å². The smallest absolute Gasteiger partial charge is 0.335 e. The van der Waals surface area contributed by atoms with Crippen molar-refractivity contribution in [3.05, 3.63) is 67.4 Å². The monoisotopic (exact) mass is 511 g/mol. The summed E-state index contributed by atoms with van der Waals surface area (Å²) < 4.78 is 40.2. The maximum Gasteiger partial charge on any atom is 0.335 e. The normalized spacial score (nSPS) is 14.1. The van der Waals surface area contributed by atoms with Gasteiger partial charge in [0.1, 0.15) is 17.9 Å². The number of amides is 1. The molecule has 1 amide bonds. The Labute approximate surface area is 209 Å². The maximum absolute atomic E-state index is 12.9. The van der Waals surface area contributed by atoms with Crippen molar-refractivity contribution >= 4 is 38.5 Å². The molecule has 0 radical (unpaired) electrons. The molecule has 36 heavy (non-hydrogen) atoms. The third kappa shape index (κ3) is 4.93. The summed E-state index contributed by atoms with van der Waals surface area (Å²) in [6, 6.07) is 13.6. The number of hydrogen-bond acceptors (Lipinski definition) is 8. The average molecular weight is 512 g/mol. The van der Waals surface area contributed by atoms with Crippen LogP contribution in [0.25, 0.3) is 11.1 Å². The highest BCUT2D eigenvalue weighted by Crippen LogP contribution is 2.22. The molecule has 2 aromatic heterocycles. The van der Waals surface area contributed by atoms with E-state index < -0.39 is 10.0 Å². The van der Waals surface area contributed by atoms with Gasteiger partial charge in [0.05, 0.1) is 12.0 Å². The minimum Gasteiger partial charge on any atom is -0.497 e. The van der Waals surface area contributed by atoms with Crippen LogP contribution >= 0.6 is 0 Å². The zero-order valence-corrected chi connectivity index (χ0v) is 20.4. The zero-order valence-electron chi connectivity index (χ0n) is 19.6. The Balaban J connectivity index is 0.00000320. The number of fused-ring (bicyclic) bond motifs is 1. The number of carbonyl (C=O) groups excluding carboxylic acids is 1. The van der Waals surface area contributed by atoms with Crippen LogP contribution in [0.5, 0.6) is 5.75 Å². The fourth-order valence-electron chi connectivity index (χ4n) is 4.10. The summed E-state index contributed by atoms with van der Waals surface area (Å²) in [7, 11) is -2.16. The Morgan fingerprint density at radius 3 is 2.61 bits per heavy atom. The second-order valence-corrected chi connectivity index (χ2v) is 9.93. The number of aromatic nitrogens is 3. The van der Waals surface area contributed by atoms with E-state index in [0.29, 0.717) is 37.5 Å². The first-order chi connectivity index (χ1) is 17.4.